The molecule has 0 aliphatic rings. The van der Waals surface area contributed by atoms with Gasteiger partial charge in [-0.1, -0.05) is 24.3 Å². The second-order valence-corrected chi connectivity index (χ2v) is 7.00. The van der Waals surface area contributed by atoms with Gasteiger partial charge in [0.05, 0.1) is 35.8 Å². The first-order valence-corrected chi connectivity index (χ1v) is 9.32. The molecule has 2 aromatic heterocycles. The molecule has 6 nitrogen and oxygen atoms in total. The van der Waals surface area contributed by atoms with Gasteiger partial charge < -0.3 is 10.1 Å². The van der Waals surface area contributed by atoms with Crippen LogP contribution in [0.15, 0.2) is 54.7 Å². The van der Waals surface area contributed by atoms with Gasteiger partial charge in [0.25, 0.3) is 5.91 Å². The van der Waals surface area contributed by atoms with Gasteiger partial charge >= 0.3 is 0 Å². The number of ether oxygens (including phenoxy) is 1. The number of carbonyl (C=O) groups is 1. The molecule has 4 aromatic rings. The number of aromatic nitrogens is 3. The molecule has 0 saturated heterocycles. The van der Waals surface area contributed by atoms with Crippen LogP contribution >= 0.6 is 0 Å². The monoisotopic (exact) mass is 386 g/mol. The number of amides is 1. The van der Waals surface area contributed by atoms with Crippen molar-refractivity contribution in [2.45, 2.75) is 13.8 Å². The standard InChI is InChI=1S/C23H22N4O2/c1-14-9-10-22(29-4)21(11-14)26-23(28)17-12-20(18-13-24-27(3)15(18)2)25-19-8-6-5-7-16(17)19/h5-13H,1-4H3,(H,26,28). The minimum Gasteiger partial charge on any atom is -0.495 e. The number of benzene rings is 2. The van der Waals surface area contributed by atoms with Crippen LogP contribution in [0.25, 0.3) is 22.2 Å². The van der Waals surface area contributed by atoms with E-state index in [-0.39, 0.29) is 5.91 Å². The molecule has 0 saturated carbocycles. The molecule has 0 atom stereocenters. The maximum absolute atomic E-state index is 13.3. The van der Waals surface area contributed by atoms with Crippen molar-refractivity contribution < 1.29 is 9.53 Å². The lowest BCUT2D eigenvalue weighted by molar-refractivity contribution is 0.102. The first kappa shape index (κ1) is 18.7. The summed E-state index contributed by atoms with van der Waals surface area (Å²) in [5.41, 5.74) is 5.59. The number of anilines is 1. The fourth-order valence-electron chi connectivity index (χ4n) is 3.36. The van der Waals surface area contributed by atoms with Crippen LogP contribution in [0.3, 0.4) is 0 Å². The van der Waals surface area contributed by atoms with Gasteiger partial charge in [-0.15, -0.1) is 0 Å². The molecule has 0 aliphatic carbocycles. The molecule has 1 N–H and O–H groups in total. The van der Waals surface area contributed by atoms with Crippen molar-refractivity contribution in [1.29, 1.82) is 0 Å². The number of fused-ring (bicyclic) bond motifs is 1. The second kappa shape index (κ2) is 7.39. The van der Waals surface area contributed by atoms with Gasteiger partial charge in [0, 0.05) is 23.7 Å². The van der Waals surface area contributed by atoms with Crippen molar-refractivity contribution in [2.75, 3.05) is 12.4 Å². The van der Waals surface area contributed by atoms with Crippen molar-refractivity contribution in [3.63, 3.8) is 0 Å². The Bertz CT molecular complexity index is 1230. The number of carbonyl (C=O) groups excluding carboxylic acids is 1. The van der Waals surface area contributed by atoms with E-state index in [1.807, 2.05) is 69.4 Å². The summed E-state index contributed by atoms with van der Waals surface area (Å²) in [4.78, 5) is 18.0. The molecule has 2 heterocycles. The Labute approximate surface area is 169 Å². The van der Waals surface area contributed by atoms with Crippen LogP contribution < -0.4 is 10.1 Å². The van der Waals surface area contributed by atoms with E-state index in [1.54, 1.807) is 18.0 Å². The smallest absolute Gasteiger partial charge is 0.256 e. The molecule has 2 aromatic carbocycles. The maximum atomic E-state index is 13.3. The summed E-state index contributed by atoms with van der Waals surface area (Å²) in [6.45, 7) is 3.96. The molecule has 29 heavy (non-hydrogen) atoms. The van der Waals surface area contributed by atoms with Gasteiger partial charge in [-0.3, -0.25) is 9.48 Å². The number of methoxy groups -OCH3 is 1. The van der Waals surface area contributed by atoms with Crippen molar-refractivity contribution >= 4 is 22.5 Å². The van der Waals surface area contributed by atoms with E-state index in [0.29, 0.717) is 17.0 Å². The predicted molar refractivity (Wildman–Crippen MR) is 114 cm³/mol. The molecule has 0 fully saturated rings. The van der Waals surface area contributed by atoms with Crippen LogP contribution in [-0.4, -0.2) is 27.8 Å². The summed E-state index contributed by atoms with van der Waals surface area (Å²) in [6.07, 6.45) is 1.78. The number of nitrogens with zero attached hydrogens (tertiary/aromatic N) is 3. The fraction of sp³-hybridized carbons (Fsp3) is 0.174. The third kappa shape index (κ3) is 3.45. The zero-order valence-corrected chi connectivity index (χ0v) is 16.9. The van der Waals surface area contributed by atoms with Crippen LogP contribution in [0.1, 0.15) is 21.6 Å². The zero-order chi connectivity index (χ0) is 20.5. The van der Waals surface area contributed by atoms with Gasteiger partial charge in [0.2, 0.25) is 0 Å². The highest BCUT2D eigenvalue weighted by Gasteiger charge is 2.17. The average molecular weight is 386 g/mol. The first-order valence-electron chi connectivity index (χ1n) is 9.32. The molecule has 4 rings (SSSR count). The van der Waals surface area contributed by atoms with Crippen LogP contribution in [0.5, 0.6) is 5.75 Å². The molecule has 146 valence electrons. The Balaban J connectivity index is 1.83. The van der Waals surface area contributed by atoms with Gasteiger partial charge in [0.1, 0.15) is 5.75 Å². The third-order valence-corrected chi connectivity index (χ3v) is 5.08. The van der Waals surface area contributed by atoms with Crippen molar-refractivity contribution in [2.24, 2.45) is 7.05 Å². The normalized spacial score (nSPS) is 10.9. The van der Waals surface area contributed by atoms with Crippen molar-refractivity contribution in [3.05, 3.63) is 71.5 Å². The number of rotatable bonds is 4. The Morgan fingerprint density at radius 1 is 1.10 bits per heavy atom. The largest absolute Gasteiger partial charge is 0.495 e. The highest BCUT2D eigenvalue weighted by atomic mass is 16.5. The highest BCUT2D eigenvalue weighted by molar-refractivity contribution is 6.13. The number of para-hydroxylation sites is 1. The first-order chi connectivity index (χ1) is 14.0. The molecule has 6 heteroatoms. The third-order valence-electron chi connectivity index (χ3n) is 5.08. The molecule has 0 bridgehead atoms. The molecule has 0 unspecified atom stereocenters. The SMILES string of the molecule is COc1ccc(C)cc1NC(=O)c1cc(-c2cnn(C)c2C)nc2ccccc12. The van der Waals surface area contributed by atoms with E-state index in [4.69, 9.17) is 9.72 Å². The Kier molecular flexibility index (Phi) is 4.76. The van der Waals surface area contributed by atoms with E-state index in [1.165, 1.54) is 0 Å². The van der Waals surface area contributed by atoms with Crippen molar-refractivity contribution in [1.82, 2.24) is 14.8 Å². The van der Waals surface area contributed by atoms with Crippen LogP contribution in [-0.2, 0) is 7.05 Å². The van der Waals surface area contributed by atoms with Gasteiger partial charge in [-0.05, 0) is 43.7 Å². The number of nitrogens with one attached hydrogen (secondary N) is 1. The molecule has 0 spiro atoms. The lowest BCUT2D eigenvalue weighted by Crippen LogP contribution is -2.14. The Morgan fingerprint density at radius 2 is 1.90 bits per heavy atom. The van der Waals surface area contributed by atoms with Crippen LogP contribution in [0.4, 0.5) is 5.69 Å². The average Bonchev–Trinajstić information content (AvgIpc) is 3.06. The molecule has 0 radical (unpaired) electrons. The van der Waals surface area contributed by atoms with Crippen LogP contribution in [0, 0.1) is 13.8 Å². The number of pyridine rings is 1. The van der Waals surface area contributed by atoms with Gasteiger partial charge in [-0.2, -0.15) is 5.10 Å². The number of hydrogen-bond acceptors (Lipinski definition) is 4. The minimum absolute atomic E-state index is 0.213. The van der Waals surface area contributed by atoms with Gasteiger partial charge in [-0.25, -0.2) is 4.98 Å². The summed E-state index contributed by atoms with van der Waals surface area (Å²) < 4.78 is 7.19. The van der Waals surface area contributed by atoms with Crippen LogP contribution in [0.2, 0.25) is 0 Å². The van der Waals surface area contributed by atoms with Gasteiger partial charge in [0.15, 0.2) is 0 Å². The lowest BCUT2D eigenvalue weighted by Gasteiger charge is -2.13. The molecule has 0 aliphatic heterocycles. The molecular weight excluding hydrogens is 364 g/mol. The molecular formula is C23H22N4O2. The summed E-state index contributed by atoms with van der Waals surface area (Å²) >= 11 is 0. The van der Waals surface area contributed by atoms with Crippen molar-refractivity contribution in [3.8, 4) is 17.0 Å². The number of hydrogen-bond donors (Lipinski definition) is 1. The zero-order valence-electron chi connectivity index (χ0n) is 16.9. The highest BCUT2D eigenvalue weighted by Crippen LogP contribution is 2.29. The van der Waals surface area contributed by atoms with E-state index < -0.39 is 0 Å². The summed E-state index contributed by atoms with van der Waals surface area (Å²) in [5.74, 6) is 0.404. The summed E-state index contributed by atoms with van der Waals surface area (Å²) in [7, 11) is 3.48. The lowest BCUT2D eigenvalue weighted by atomic mass is 10.0. The summed E-state index contributed by atoms with van der Waals surface area (Å²) in [6, 6.07) is 15.2. The fourth-order valence-corrected chi connectivity index (χ4v) is 3.36. The topological polar surface area (TPSA) is 69.0 Å². The second-order valence-electron chi connectivity index (χ2n) is 7.00. The maximum Gasteiger partial charge on any atom is 0.256 e. The van der Waals surface area contributed by atoms with E-state index >= 15 is 0 Å². The quantitative estimate of drug-likeness (QED) is 0.560. The van der Waals surface area contributed by atoms with E-state index in [9.17, 15) is 4.79 Å². The predicted octanol–water partition coefficient (Wildman–Crippen LogP) is 4.51. The Hall–Kier alpha value is -3.67. The van der Waals surface area contributed by atoms with E-state index in [0.717, 1.165) is 33.4 Å². The van der Waals surface area contributed by atoms with E-state index in [2.05, 4.69) is 10.4 Å². The summed E-state index contributed by atoms with van der Waals surface area (Å²) in [5, 5.41) is 8.10. The number of aryl methyl sites for hydroxylation is 2. The minimum atomic E-state index is -0.213. The molecule has 1 amide bonds. The Morgan fingerprint density at radius 3 is 2.62 bits per heavy atom.